The maximum Gasteiger partial charge on any atom is 0.241 e. The molecular formula is C12H14N2O2S. The number of hydrogen-bond donors (Lipinski definition) is 1. The predicted molar refractivity (Wildman–Crippen MR) is 63.9 cm³/mol. The van der Waals surface area contributed by atoms with Crippen molar-refractivity contribution < 1.29 is 8.42 Å². The first-order valence-corrected chi connectivity index (χ1v) is 7.10. The number of nitriles is 1. The largest absolute Gasteiger partial charge is 0.241 e. The van der Waals surface area contributed by atoms with E-state index in [0.717, 1.165) is 24.8 Å². The molecule has 1 aromatic rings. The monoisotopic (exact) mass is 250 g/mol. The Morgan fingerprint density at radius 1 is 1.24 bits per heavy atom. The van der Waals surface area contributed by atoms with Crippen molar-refractivity contribution in [3.8, 4) is 6.07 Å². The highest BCUT2D eigenvalue weighted by atomic mass is 32.2. The first-order chi connectivity index (χ1) is 8.13. The molecule has 5 heteroatoms. The van der Waals surface area contributed by atoms with E-state index in [0.29, 0.717) is 0 Å². The topological polar surface area (TPSA) is 70.0 Å². The van der Waals surface area contributed by atoms with Gasteiger partial charge in [0, 0.05) is 0 Å². The second kappa shape index (κ2) is 4.86. The molecule has 2 rings (SSSR count). The van der Waals surface area contributed by atoms with Crippen LogP contribution in [0.15, 0.2) is 23.1 Å². The fourth-order valence-corrected chi connectivity index (χ4v) is 3.05. The second-order valence-electron chi connectivity index (χ2n) is 4.12. The molecule has 0 spiro atoms. The highest BCUT2D eigenvalue weighted by molar-refractivity contribution is 7.89. The number of rotatable bonds is 3. The van der Waals surface area contributed by atoms with Crippen LogP contribution in [0.5, 0.6) is 0 Å². The van der Waals surface area contributed by atoms with E-state index >= 15 is 0 Å². The Bertz CT molecular complexity index is 558. The summed E-state index contributed by atoms with van der Waals surface area (Å²) in [5.74, 6) is 0. The Balaban J connectivity index is 2.31. The van der Waals surface area contributed by atoms with Crippen molar-refractivity contribution in [1.29, 1.82) is 5.26 Å². The molecular weight excluding hydrogens is 236 g/mol. The van der Waals surface area contributed by atoms with E-state index in [-0.39, 0.29) is 11.4 Å². The summed E-state index contributed by atoms with van der Waals surface area (Å²) >= 11 is 0. The lowest BCUT2D eigenvalue weighted by atomic mass is 9.92. The van der Waals surface area contributed by atoms with Crippen LogP contribution in [-0.2, 0) is 22.9 Å². The number of benzene rings is 1. The fraction of sp³-hybridized carbons (Fsp3) is 0.417. The van der Waals surface area contributed by atoms with Gasteiger partial charge in [-0.1, -0.05) is 6.07 Å². The molecule has 1 aliphatic carbocycles. The molecule has 1 N–H and O–H groups in total. The number of sulfonamides is 1. The summed E-state index contributed by atoms with van der Waals surface area (Å²) in [6.07, 6.45) is 4.26. The molecule has 0 amide bonds. The molecule has 1 aliphatic rings. The quantitative estimate of drug-likeness (QED) is 0.824. The van der Waals surface area contributed by atoms with Crippen molar-refractivity contribution in [2.24, 2.45) is 0 Å². The van der Waals surface area contributed by atoms with Crippen molar-refractivity contribution in [1.82, 2.24) is 4.72 Å². The van der Waals surface area contributed by atoms with Gasteiger partial charge >= 0.3 is 0 Å². The molecule has 0 radical (unpaired) electrons. The summed E-state index contributed by atoms with van der Waals surface area (Å²) in [5.41, 5.74) is 2.37. The second-order valence-corrected chi connectivity index (χ2v) is 5.89. The van der Waals surface area contributed by atoms with Crippen LogP contribution in [-0.4, -0.2) is 15.0 Å². The minimum Gasteiger partial charge on any atom is -0.207 e. The highest BCUT2D eigenvalue weighted by Gasteiger charge is 2.16. The Kier molecular flexibility index (Phi) is 3.46. The maximum atomic E-state index is 11.8. The molecule has 17 heavy (non-hydrogen) atoms. The van der Waals surface area contributed by atoms with Gasteiger partial charge in [0.2, 0.25) is 10.0 Å². The third kappa shape index (κ3) is 2.65. The van der Waals surface area contributed by atoms with E-state index in [1.54, 1.807) is 18.2 Å². The van der Waals surface area contributed by atoms with E-state index in [1.165, 1.54) is 12.0 Å². The summed E-state index contributed by atoms with van der Waals surface area (Å²) in [6.45, 7) is -0.195. The number of aryl methyl sites for hydroxylation is 2. The Morgan fingerprint density at radius 2 is 1.94 bits per heavy atom. The van der Waals surface area contributed by atoms with Crippen LogP contribution < -0.4 is 4.72 Å². The van der Waals surface area contributed by atoms with E-state index in [9.17, 15) is 8.42 Å². The summed E-state index contributed by atoms with van der Waals surface area (Å²) in [4.78, 5) is 0.258. The lowest BCUT2D eigenvalue weighted by molar-refractivity contribution is 0.585. The van der Waals surface area contributed by atoms with Gasteiger partial charge in [-0.05, 0) is 48.9 Å². The molecule has 0 heterocycles. The Labute approximate surface area is 101 Å². The zero-order valence-electron chi connectivity index (χ0n) is 9.44. The van der Waals surface area contributed by atoms with Crippen molar-refractivity contribution in [3.63, 3.8) is 0 Å². The zero-order valence-corrected chi connectivity index (χ0v) is 10.3. The molecule has 0 aromatic heterocycles. The lowest BCUT2D eigenvalue weighted by Gasteiger charge is -2.16. The van der Waals surface area contributed by atoms with Crippen LogP contribution in [0.3, 0.4) is 0 Å². The molecule has 0 saturated carbocycles. The first-order valence-electron chi connectivity index (χ1n) is 5.62. The summed E-state index contributed by atoms with van der Waals surface area (Å²) in [5, 5.41) is 8.39. The zero-order chi connectivity index (χ0) is 12.3. The van der Waals surface area contributed by atoms with Crippen LogP contribution in [0, 0.1) is 11.3 Å². The molecule has 0 atom stereocenters. The first kappa shape index (κ1) is 12.1. The van der Waals surface area contributed by atoms with Crippen LogP contribution in [0.25, 0.3) is 0 Å². The SMILES string of the molecule is N#CCNS(=O)(=O)c1ccc2c(c1)CCCC2. The minimum absolute atomic E-state index is 0.195. The summed E-state index contributed by atoms with van der Waals surface area (Å²) < 4.78 is 25.9. The van der Waals surface area contributed by atoms with Crippen molar-refractivity contribution >= 4 is 10.0 Å². The minimum atomic E-state index is -3.53. The third-order valence-corrected chi connectivity index (χ3v) is 4.37. The van der Waals surface area contributed by atoms with Crippen LogP contribution >= 0.6 is 0 Å². The normalized spacial score (nSPS) is 15.0. The van der Waals surface area contributed by atoms with Crippen molar-refractivity contribution in [3.05, 3.63) is 29.3 Å². The maximum absolute atomic E-state index is 11.8. The van der Waals surface area contributed by atoms with Gasteiger partial charge < -0.3 is 0 Å². The number of nitrogens with one attached hydrogen (secondary N) is 1. The van der Waals surface area contributed by atoms with Gasteiger partial charge in [0.1, 0.15) is 0 Å². The molecule has 0 aliphatic heterocycles. The van der Waals surface area contributed by atoms with Crippen LogP contribution in [0.1, 0.15) is 24.0 Å². The molecule has 4 nitrogen and oxygen atoms in total. The third-order valence-electron chi connectivity index (χ3n) is 2.97. The number of nitrogens with zero attached hydrogens (tertiary/aromatic N) is 1. The lowest BCUT2D eigenvalue weighted by Crippen LogP contribution is -2.24. The van der Waals surface area contributed by atoms with Gasteiger partial charge in [-0.3, -0.25) is 0 Å². The number of hydrogen-bond acceptors (Lipinski definition) is 3. The molecule has 0 saturated heterocycles. The van der Waals surface area contributed by atoms with E-state index in [1.807, 2.05) is 6.07 Å². The average molecular weight is 250 g/mol. The van der Waals surface area contributed by atoms with Crippen LogP contribution in [0.2, 0.25) is 0 Å². The van der Waals surface area contributed by atoms with Gasteiger partial charge in [-0.15, -0.1) is 0 Å². The molecule has 1 aromatic carbocycles. The molecule has 0 fully saturated rings. The standard InChI is InChI=1S/C12H14N2O2S/c13-7-8-14-17(15,16)12-6-5-10-3-1-2-4-11(10)9-12/h5-6,9,14H,1-4,8H2. The van der Waals surface area contributed by atoms with Gasteiger partial charge in [0.15, 0.2) is 0 Å². The summed E-state index contributed by atoms with van der Waals surface area (Å²) in [7, 11) is -3.53. The van der Waals surface area contributed by atoms with Crippen LogP contribution in [0.4, 0.5) is 0 Å². The summed E-state index contributed by atoms with van der Waals surface area (Å²) in [6, 6.07) is 7.00. The molecule has 90 valence electrons. The average Bonchev–Trinajstić information content (AvgIpc) is 2.36. The Hall–Kier alpha value is -1.38. The van der Waals surface area contributed by atoms with Crippen molar-refractivity contribution in [2.45, 2.75) is 30.6 Å². The van der Waals surface area contributed by atoms with E-state index in [2.05, 4.69) is 4.72 Å². The highest BCUT2D eigenvalue weighted by Crippen LogP contribution is 2.23. The fourth-order valence-electron chi connectivity index (χ4n) is 2.09. The van der Waals surface area contributed by atoms with E-state index < -0.39 is 10.0 Å². The van der Waals surface area contributed by atoms with Gasteiger partial charge in [-0.2, -0.15) is 9.98 Å². The molecule has 0 bridgehead atoms. The Morgan fingerprint density at radius 3 is 2.65 bits per heavy atom. The van der Waals surface area contributed by atoms with E-state index in [4.69, 9.17) is 5.26 Å². The predicted octanol–water partition coefficient (Wildman–Crippen LogP) is 1.37. The number of fused-ring (bicyclic) bond motifs is 1. The van der Waals surface area contributed by atoms with Gasteiger partial charge in [-0.25, -0.2) is 8.42 Å². The van der Waals surface area contributed by atoms with Crippen molar-refractivity contribution in [2.75, 3.05) is 6.54 Å². The van der Waals surface area contributed by atoms with Gasteiger partial charge in [0.25, 0.3) is 0 Å². The van der Waals surface area contributed by atoms with Gasteiger partial charge in [0.05, 0.1) is 17.5 Å². The molecule has 0 unspecified atom stereocenters. The smallest absolute Gasteiger partial charge is 0.207 e.